The fourth-order valence-electron chi connectivity index (χ4n) is 4.69. The van der Waals surface area contributed by atoms with Crippen molar-refractivity contribution in [2.24, 2.45) is 0 Å². The van der Waals surface area contributed by atoms with Crippen molar-refractivity contribution in [1.82, 2.24) is 4.90 Å². The van der Waals surface area contributed by atoms with Gasteiger partial charge in [-0.1, -0.05) is 61.5 Å². The molecule has 1 aliphatic heterocycles. The number of halogens is 1. The van der Waals surface area contributed by atoms with Crippen molar-refractivity contribution in [2.45, 2.75) is 44.1 Å². The number of nitrogens with zero attached hydrogens (tertiary/aromatic N) is 1. The third-order valence-corrected chi connectivity index (χ3v) is 5.62. The third-order valence-electron chi connectivity index (χ3n) is 5.62. The van der Waals surface area contributed by atoms with Gasteiger partial charge in [0.05, 0.1) is 0 Å². The van der Waals surface area contributed by atoms with Gasteiger partial charge in [0.15, 0.2) is 0 Å². The minimum Gasteiger partial charge on any atom is -0.300 e. The van der Waals surface area contributed by atoms with Crippen molar-refractivity contribution in [2.75, 3.05) is 13.1 Å². The van der Waals surface area contributed by atoms with Crippen molar-refractivity contribution in [3.63, 3.8) is 0 Å². The van der Waals surface area contributed by atoms with E-state index in [-0.39, 0.29) is 12.4 Å². The zero-order chi connectivity index (χ0) is 14.9. The molecular formula is C21H26ClN. The highest BCUT2D eigenvalue weighted by Crippen LogP contribution is 2.48. The molecule has 0 radical (unpaired) electrons. The summed E-state index contributed by atoms with van der Waals surface area (Å²) in [6, 6.07) is 21.0. The second-order valence-electron chi connectivity index (χ2n) is 6.83. The van der Waals surface area contributed by atoms with E-state index < -0.39 is 0 Å². The summed E-state index contributed by atoms with van der Waals surface area (Å²) in [6.07, 6.45) is 3.88. The molecule has 2 aromatic rings. The molecule has 2 aliphatic rings. The Labute approximate surface area is 146 Å². The topological polar surface area (TPSA) is 3.24 Å². The zero-order valence-corrected chi connectivity index (χ0v) is 14.6. The van der Waals surface area contributed by atoms with Gasteiger partial charge < -0.3 is 0 Å². The number of hydrogen-bond acceptors (Lipinski definition) is 1. The molecule has 4 rings (SSSR count). The van der Waals surface area contributed by atoms with Gasteiger partial charge in [-0.25, -0.2) is 0 Å². The maximum atomic E-state index is 2.75. The van der Waals surface area contributed by atoms with E-state index in [4.69, 9.17) is 0 Å². The second-order valence-corrected chi connectivity index (χ2v) is 6.83. The summed E-state index contributed by atoms with van der Waals surface area (Å²) < 4.78 is 0. The van der Waals surface area contributed by atoms with Crippen molar-refractivity contribution in [3.8, 4) is 0 Å². The Bertz CT molecular complexity index is 639. The van der Waals surface area contributed by atoms with E-state index in [1.807, 2.05) is 0 Å². The van der Waals surface area contributed by atoms with E-state index in [0.717, 1.165) is 12.0 Å². The van der Waals surface area contributed by atoms with Crippen LogP contribution in [0.3, 0.4) is 0 Å². The highest BCUT2D eigenvalue weighted by atomic mass is 35.5. The van der Waals surface area contributed by atoms with Crippen LogP contribution in [0.4, 0.5) is 0 Å². The van der Waals surface area contributed by atoms with Gasteiger partial charge in [0.2, 0.25) is 0 Å². The Kier molecular flexibility index (Phi) is 5.08. The molecule has 2 unspecified atom stereocenters. The van der Waals surface area contributed by atoms with E-state index in [9.17, 15) is 0 Å². The molecule has 0 bridgehead atoms. The van der Waals surface area contributed by atoms with E-state index in [1.54, 1.807) is 11.1 Å². The summed E-state index contributed by atoms with van der Waals surface area (Å²) >= 11 is 0. The molecule has 1 heterocycles. The SMILES string of the molecule is CCCN1CCC2c3ccccc3C(c3ccccc3)C[C@@H]21.Cl. The number of hydrogen-bond donors (Lipinski definition) is 0. The van der Waals surface area contributed by atoms with E-state index in [2.05, 4.69) is 66.4 Å². The Morgan fingerprint density at radius 3 is 2.39 bits per heavy atom. The minimum atomic E-state index is 0. The van der Waals surface area contributed by atoms with Crippen LogP contribution in [0.2, 0.25) is 0 Å². The Morgan fingerprint density at radius 1 is 0.957 bits per heavy atom. The van der Waals surface area contributed by atoms with Crippen LogP contribution in [0.5, 0.6) is 0 Å². The summed E-state index contributed by atoms with van der Waals surface area (Å²) in [4.78, 5) is 2.75. The Balaban J connectivity index is 0.00000156. The standard InChI is InChI=1S/C21H25N.ClH/c1-2-13-22-14-12-19-17-10-6-7-11-18(17)20(15-21(19)22)16-8-4-3-5-9-16;/h3-11,19-21H,2,12-15H2,1H3;1H/t19?,20?,21-;/m0./s1. The average molecular weight is 328 g/mol. The van der Waals surface area contributed by atoms with Gasteiger partial charge in [0, 0.05) is 17.9 Å². The molecule has 1 fully saturated rings. The van der Waals surface area contributed by atoms with E-state index in [1.165, 1.54) is 37.9 Å². The molecule has 0 N–H and O–H groups in total. The molecule has 2 aromatic carbocycles. The van der Waals surface area contributed by atoms with Gasteiger partial charge in [-0.15, -0.1) is 12.4 Å². The lowest BCUT2D eigenvalue weighted by Gasteiger charge is -2.38. The van der Waals surface area contributed by atoms with Crippen LogP contribution in [0.25, 0.3) is 0 Å². The highest BCUT2D eigenvalue weighted by Gasteiger charge is 2.41. The van der Waals surface area contributed by atoms with Gasteiger partial charge in [0.1, 0.15) is 0 Å². The molecule has 0 aromatic heterocycles. The summed E-state index contributed by atoms with van der Waals surface area (Å²) in [7, 11) is 0. The maximum absolute atomic E-state index is 2.75. The second kappa shape index (κ2) is 7.07. The zero-order valence-electron chi connectivity index (χ0n) is 13.8. The molecule has 23 heavy (non-hydrogen) atoms. The minimum absolute atomic E-state index is 0. The van der Waals surface area contributed by atoms with Gasteiger partial charge in [-0.05, 0) is 49.0 Å². The summed E-state index contributed by atoms with van der Waals surface area (Å²) in [6.45, 7) is 4.84. The van der Waals surface area contributed by atoms with E-state index >= 15 is 0 Å². The quantitative estimate of drug-likeness (QED) is 0.747. The first-order valence-corrected chi connectivity index (χ1v) is 8.76. The molecular weight excluding hydrogens is 302 g/mol. The summed E-state index contributed by atoms with van der Waals surface area (Å²) in [5.41, 5.74) is 4.68. The number of benzene rings is 2. The van der Waals surface area contributed by atoms with Crippen molar-refractivity contribution in [1.29, 1.82) is 0 Å². The normalized spacial score (nSPS) is 26.2. The van der Waals surface area contributed by atoms with Crippen LogP contribution in [0.15, 0.2) is 54.6 Å². The van der Waals surface area contributed by atoms with Crippen LogP contribution in [0.1, 0.15) is 54.7 Å². The first kappa shape index (κ1) is 16.5. The van der Waals surface area contributed by atoms with Gasteiger partial charge in [0.25, 0.3) is 0 Å². The van der Waals surface area contributed by atoms with Crippen LogP contribution in [-0.4, -0.2) is 24.0 Å². The van der Waals surface area contributed by atoms with Gasteiger partial charge in [-0.2, -0.15) is 0 Å². The lowest BCUT2D eigenvalue weighted by atomic mass is 9.71. The smallest absolute Gasteiger partial charge is 0.0174 e. The van der Waals surface area contributed by atoms with Crippen LogP contribution >= 0.6 is 12.4 Å². The monoisotopic (exact) mass is 327 g/mol. The maximum Gasteiger partial charge on any atom is 0.0174 e. The first-order valence-electron chi connectivity index (χ1n) is 8.76. The van der Waals surface area contributed by atoms with Crippen molar-refractivity contribution >= 4 is 12.4 Å². The molecule has 3 atom stereocenters. The van der Waals surface area contributed by atoms with Crippen LogP contribution in [0, 0.1) is 0 Å². The molecule has 2 heteroatoms. The Hall–Kier alpha value is -1.31. The number of fused-ring (bicyclic) bond motifs is 3. The highest BCUT2D eigenvalue weighted by molar-refractivity contribution is 5.85. The Morgan fingerprint density at radius 2 is 1.65 bits per heavy atom. The predicted molar refractivity (Wildman–Crippen MR) is 99.6 cm³/mol. The van der Waals surface area contributed by atoms with Crippen molar-refractivity contribution < 1.29 is 0 Å². The molecule has 0 amide bonds. The van der Waals surface area contributed by atoms with Gasteiger partial charge >= 0.3 is 0 Å². The first-order chi connectivity index (χ1) is 10.9. The van der Waals surface area contributed by atoms with Crippen molar-refractivity contribution in [3.05, 3.63) is 71.3 Å². The molecule has 0 saturated carbocycles. The summed E-state index contributed by atoms with van der Waals surface area (Å²) in [5.74, 6) is 1.32. The number of likely N-dealkylation sites (tertiary alicyclic amines) is 1. The van der Waals surface area contributed by atoms with Crippen LogP contribution in [-0.2, 0) is 0 Å². The fraction of sp³-hybridized carbons (Fsp3) is 0.429. The fourth-order valence-corrected chi connectivity index (χ4v) is 4.69. The largest absolute Gasteiger partial charge is 0.300 e. The van der Waals surface area contributed by atoms with E-state index in [0.29, 0.717) is 5.92 Å². The summed E-state index contributed by atoms with van der Waals surface area (Å²) in [5, 5.41) is 0. The molecule has 1 nitrogen and oxygen atoms in total. The molecule has 122 valence electrons. The number of rotatable bonds is 3. The average Bonchev–Trinajstić information content (AvgIpc) is 2.98. The predicted octanol–water partition coefficient (Wildman–Crippen LogP) is 5.21. The molecule has 1 saturated heterocycles. The third kappa shape index (κ3) is 2.93. The lowest BCUT2D eigenvalue weighted by molar-refractivity contribution is 0.220. The molecule has 1 aliphatic carbocycles. The molecule has 0 spiro atoms. The van der Waals surface area contributed by atoms with Crippen LogP contribution < -0.4 is 0 Å². The van der Waals surface area contributed by atoms with Gasteiger partial charge in [-0.3, -0.25) is 4.90 Å². The lowest BCUT2D eigenvalue weighted by Crippen LogP contribution is -2.37.